The first kappa shape index (κ1) is 38.4. The monoisotopic (exact) mass is 826 g/mol. The van der Waals surface area contributed by atoms with E-state index < -0.39 is 46.8 Å². The Morgan fingerprint density at radius 2 is 1.46 bits per heavy atom. The highest BCUT2D eigenvalue weighted by Crippen LogP contribution is 2.64. The number of phenolic OH excluding ortho intramolecular Hbond substituents is 1. The Bertz CT molecular complexity index is 2560. The number of hydrogen-bond donors (Lipinski definition) is 3. The molecule has 3 fully saturated rings. The molecule has 5 aromatic rings. The fraction of sp³-hybridized carbons (Fsp3) is 0.234. The Balaban J connectivity index is 1.17. The van der Waals surface area contributed by atoms with Crippen molar-refractivity contribution in [3.63, 3.8) is 0 Å². The summed E-state index contributed by atoms with van der Waals surface area (Å²) in [6, 6.07) is 32.5. The number of nitrogens with zero attached hydrogens (tertiary/aromatic N) is 2. The number of methoxy groups -OCH3 is 1. The van der Waals surface area contributed by atoms with Gasteiger partial charge in [0.2, 0.25) is 11.8 Å². The molecule has 2 aliphatic heterocycles. The molecule has 0 unspecified atom stereocenters. The predicted molar refractivity (Wildman–Crippen MR) is 227 cm³/mol. The molecule has 2 aliphatic carbocycles. The summed E-state index contributed by atoms with van der Waals surface area (Å²) in [6.45, 7) is 3.59. The molecule has 0 aromatic heterocycles. The second kappa shape index (κ2) is 14.6. The molecule has 6 atom stereocenters. The van der Waals surface area contributed by atoms with Gasteiger partial charge < -0.3 is 15.2 Å². The third-order valence-corrected chi connectivity index (χ3v) is 13.2. The van der Waals surface area contributed by atoms with Crippen LogP contribution < -0.4 is 20.4 Å². The second-order valence-electron chi connectivity index (χ2n) is 15.8. The summed E-state index contributed by atoms with van der Waals surface area (Å²) in [6.07, 6.45) is 2.40. The molecule has 59 heavy (non-hydrogen) atoms. The topological polar surface area (TPSA) is 128 Å². The van der Waals surface area contributed by atoms with E-state index in [1.807, 2.05) is 72.8 Å². The minimum atomic E-state index is -1.52. The van der Waals surface area contributed by atoms with E-state index in [-0.39, 0.29) is 35.4 Å². The van der Waals surface area contributed by atoms with Crippen molar-refractivity contribution in [3.05, 3.63) is 153 Å². The zero-order valence-corrected chi connectivity index (χ0v) is 33.9. The highest BCUT2D eigenvalue weighted by molar-refractivity contribution is 6.36. The first-order valence-electron chi connectivity index (χ1n) is 19.5. The Labute approximate surface area is 351 Å². The number of imide groups is 2. The summed E-state index contributed by atoms with van der Waals surface area (Å²) < 4.78 is 5.51. The third kappa shape index (κ3) is 6.07. The van der Waals surface area contributed by atoms with Gasteiger partial charge in [0.15, 0.2) is 0 Å². The molecular weight excluding hydrogens is 787 g/mol. The van der Waals surface area contributed by atoms with Crippen molar-refractivity contribution in [2.45, 2.75) is 38.0 Å². The molecular formula is C47H40Cl2N4O6. The molecule has 12 heteroatoms. The molecule has 0 bridgehead atoms. The van der Waals surface area contributed by atoms with Crippen LogP contribution in [0.25, 0.3) is 0 Å². The molecule has 5 aromatic carbocycles. The molecule has 4 aliphatic rings. The van der Waals surface area contributed by atoms with Crippen LogP contribution in [0.4, 0.5) is 22.7 Å². The highest BCUT2D eigenvalue weighted by Gasteiger charge is 2.70. The maximum absolute atomic E-state index is 15.6. The lowest BCUT2D eigenvalue weighted by atomic mass is 9.49. The van der Waals surface area contributed by atoms with E-state index in [1.54, 1.807) is 57.4 Å². The van der Waals surface area contributed by atoms with Crippen molar-refractivity contribution in [1.29, 1.82) is 0 Å². The molecule has 4 amide bonds. The number of halogens is 2. The summed E-state index contributed by atoms with van der Waals surface area (Å²) in [7, 11) is 1.56. The standard InChI is InChI=1S/C47H40Cl2N4O6/c1-25-21-27(22-26(2)42(25)54)41-34-18-19-35-40(45(57)52(43(35)55)32-14-12-31(13-15-32)50-30-7-5-4-6-8-30)36(34)24-37-44(56)53(51-39-20-11-29(48)23-38(39)49)46(58)47(37,41)28-9-16-33(59-3)17-10-28/h4-18,20-23,35-37,40-41,50-51,54H,19,24H2,1-3H3/t35-,36+,37-,40-,41-,47+/m0/s1. The number of rotatable bonds is 8. The van der Waals surface area contributed by atoms with Crippen LogP contribution in [0.5, 0.6) is 11.5 Å². The average molecular weight is 828 g/mol. The molecule has 3 N–H and O–H groups in total. The van der Waals surface area contributed by atoms with Crippen molar-refractivity contribution in [2.75, 3.05) is 22.8 Å². The number of ether oxygens (including phenoxy) is 1. The van der Waals surface area contributed by atoms with Gasteiger partial charge in [-0.2, -0.15) is 5.01 Å². The number of aryl methyl sites for hydroxylation is 2. The van der Waals surface area contributed by atoms with Crippen molar-refractivity contribution >= 4 is 69.6 Å². The van der Waals surface area contributed by atoms with E-state index in [9.17, 15) is 14.7 Å². The normalized spacial score (nSPS) is 24.7. The van der Waals surface area contributed by atoms with Crippen LogP contribution in [0, 0.1) is 37.5 Å². The van der Waals surface area contributed by atoms with Crippen LogP contribution in [0.2, 0.25) is 10.0 Å². The number of phenols is 1. The smallest absolute Gasteiger partial charge is 0.260 e. The van der Waals surface area contributed by atoms with Gasteiger partial charge in [-0.1, -0.05) is 77.3 Å². The number of carbonyl (C=O) groups excluding carboxylic acids is 4. The zero-order chi connectivity index (χ0) is 41.3. The highest BCUT2D eigenvalue weighted by atomic mass is 35.5. The van der Waals surface area contributed by atoms with E-state index >= 15 is 9.59 Å². The quantitative estimate of drug-likeness (QED) is 0.104. The maximum atomic E-state index is 15.6. The lowest BCUT2D eigenvalue weighted by Crippen LogP contribution is -2.53. The summed E-state index contributed by atoms with van der Waals surface area (Å²) >= 11 is 12.8. The average Bonchev–Trinajstić information content (AvgIpc) is 3.61. The first-order valence-corrected chi connectivity index (χ1v) is 20.2. The number of carbonyl (C=O) groups is 4. The van der Waals surface area contributed by atoms with Crippen LogP contribution in [0.3, 0.4) is 0 Å². The summed E-state index contributed by atoms with van der Waals surface area (Å²) in [4.78, 5) is 61.1. The van der Waals surface area contributed by atoms with Crippen molar-refractivity contribution in [1.82, 2.24) is 5.01 Å². The zero-order valence-electron chi connectivity index (χ0n) is 32.4. The van der Waals surface area contributed by atoms with E-state index in [2.05, 4.69) is 10.7 Å². The van der Waals surface area contributed by atoms with Gasteiger partial charge in [0.25, 0.3) is 11.8 Å². The lowest BCUT2D eigenvalue weighted by Gasteiger charge is -2.50. The minimum Gasteiger partial charge on any atom is -0.507 e. The maximum Gasteiger partial charge on any atom is 0.260 e. The van der Waals surface area contributed by atoms with Crippen LogP contribution in [0.15, 0.2) is 121 Å². The van der Waals surface area contributed by atoms with E-state index in [1.165, 1.54) is 11.0 Å². The van der Waals surface area contributed by atoms with E-state index in [0.717, 1.165) is 22.0 Å². The van der Waals surface area contributed by atoms with E-state index in [4.69, 9.17) is 27.9 Å². The third-order valence-electron chi connectivity index (χ3n) is 12.6. The Hall–Kier alpha value is -6.10. The SMILES string of the molecule is COc1ccc([C@@]23C(=O)N(Nc4ccc(Cl)cc4Cl)C(=O)[C@@H]2C[C@@H]2C(=CC[C@@H]4C(=O)N(c5ccc(Nc6ccccc6)cc5)C(=O)[C@@H]42)[C@@H]3c2cc(C)c(O)c(C)c2)cc1. The van der Waals surface area contributed by atoms with Gasteiger partial charge >= 0.3 is 0 Å². The number of fused-ring (bicyclic) bond motifs is 4. The summed E-state index contributed by atoms with van der Waals surface area (Å²) in [5.74, 6) is -4.71. The number of para-hydroxylation sites is 1. The van der Waals surface area contributed by atoms with Crippen molar-refractivity contribution in [2.24, 2.45) is 23.7 Å². The minimum absolute atomic E-state index is 0.121. The number of benzene rings is 5. The molecule has 0 spiro atoms. The van der Waals surface area contributed by atoms with Crippen LogP contribution in [-0.2, 0) is 24.6 Å². The van der Waals surface area contributed by atoms with Gasteiger partial charge in [-0.3, -0.25) is 29.5 Å². The molecule has 298 valence electrons. The van der Waals surface area contributed by atoms with Gasteiger partial charge in [-0.05, 0) is 122 Å². The van der Waals surface area contributed by atoms with Gasteiger partial charge in [0.05, 0.1) is 46.7 Å². The number of allylic oxidation sites excluding steroid dienone is 2. The van der Waals surface area contributed by atoms with E-state index in [0.29, 0.717) is 44.4 Å². The van der Waals surface area contributed by atoms with Gasteiger partial charge in [-0.15, -0.1) is 0 Å². The summed E-state index contributed by atoms with van der Waals surface area (Å²) in [5, 5.41) is 16.0. The number of anilines is 4. The number of amides is 4. The number of nitrogens with one attached hydrogen (secondary N) is 2. The fourth-order valence-electron chi connectivity index (χ4n) is 10.0. The molecule has 2 heterocycles. The van der Waals surface area contributed by atoms with Crippen LogP contribution >= 0.6 is 23.2 Å². The fourth-order valence-corrected chi connectivity index (χ4v) is 10.5. The van der Waals surface area contributed by atoms with Gasteiger partial charge in [-0.25, -0.2) is 0 Å². The van der Waals surface area contributed by atoms with Gasteiger partial charge in [0.1, 0.15) is 11.5 Å². The number of hydrazine groups is 1. The first-order chi connectivity index (χ1) is 28.4. The van der Waals surface area contributed by atoms with Crippen LogP contribution in [0.1, 0.15) is 41.0 Å². The summed E-state index contributed by atoms with van der Waals surface area (Å²) in [5.41, 5.74) is 7.27. The molecule has 9 rings (SSSR count). The largest absolute Gasteiger partial charge is 0.507 e. The Kier molecular flexibility index (Phi) is 9.52. The Morgan fingerprint density at radius 3 is 2.12 bits per heavy atom. The molecule has 2 saturated heterocycles. The second-order valence-corrected chi connectivity index (χ2v) is 16.6. The number of aromatic hydroxyl groups is 1. The van der Waals surface area contributed by atoms with Crippen LogP contribution in [-0.4, -0.2) is 40.9 Å². The van der Waals surface area contributed by atoms with Gasteiger partial charge in [0, 0.05) is 22.3 Å². The van der Waals surface area contributed by atoms with Crippen molar-refractivity contribution < 1.29 is 29.0 Å². The Morgan fingerprint density at radius 1 is 0.780 bits per heavy atom. The number of hydrogen-bond acceptors (Lipinski definition) is 8. The predicted octanol–water partition coefficient (Wildman–Crippen LogP) is 9.26. The molecule has 0 radical (unpaired) electrons. The lowest BCUT2D eigenvalue weighted by molar-refractivity contribution is -0.138. The molecule has 1 saturated carbocycles. The molecule has 10 nitrogen and oxygen atoms in total. The van der Waals surface area contributed by atoms with Crippen molar-refractivity contribution in [3.8, 4) is 11.5 Å².